The van der Waals surface area contributed by atoms with Crippen molar-refractivity contribution in [2.75, 3.05) is 31.7 Å². The van der Waals surface area contributed by atoms with Crippen LogP contribution in [0.4, 0.5) is 11.4 Å². The fourth-order valence-corrected chi connectivity index (χ4v) is 4.03. The summed E-state index contributed by atoms with van der Waals surface area (Å²) in [6.45, 7) is 2.59. The molecule has 1 aliphatic heterocycles. The van der Waals surface area contributed by atoms with Crippen LogP contribution in [0, 0.1) is 0 Å². The van der Waals surface area contributed by atoms with Crippen LogP contribution in [0.3, 0.4) is 0 Å². The summed E-state index contributed by atoms with van der Waals surface area (Å²) in [6.07, 6.45) is 1.96. The molecule has 1 aromatic heterocycles. The van der Waals surface area contributed by atoms with Gasteiger partial charge in [-0.25, -0.2) is 4.98 Å². The third-order valence-corrected chi connectivity index (χ3v) is 5.96. The molecular weight excluding hydrogens is 452 g/mol. The number of rotatable bonds is 5. The Hall–Kier alpha value is -4.17. The smallest absolute Gasteiger partial charge is 0.287 e. The van der Waals surface area contributed by atoms with Crippen molar-refractivity contribution in [3.63, 3.8) is 0 Å². The highest BCUT2D eigenvalue weighted by Crippen LogP contribution is 2.21. The Labute approximate surface area is 211 Å². The normalized spacial score (nSPS) is 12.5. The number of carbonyl (C=O) groups is 2. The second kappa shape index (κ2) is 12.0. The van der Waals surface area contributed by atoms with Crippen molar-refractivity contribution < 1.29 is 9.59 Å². The maximum absolute atomic E-state index is 12.1. The van der Waals surface area contributed by atoms with Gasteiger partial charge in [0.1, 0.15) is 6.29 Å². The third kappa shape index (κ3) is 6.49. The molecule has 8 nitrogen and oxygen atoms in total. The summed E-state index contributed by atoms with van der Waals surface area (Å²) >= 11 is 0. The Morgan fingerprint density at radius 3 is 2.75 bits per heavy atom. The number of imidazole rings is 1. The lowest BCUT2D eigenvalue weighted by Crippen LogP contribution is -2.26. The van der Waals surface area contributed by atoms with Crippen molar-refractivity contribution in [1.82, 2.24) is 20.2 Å². The number of nitrogens with one attached hydrogen (secondary N) is 3. The van der Waals surface area contributed by atoms with Gasteiger partial charge in [0.2, 0.25) is 0 Å². The summed E-state index contributed by atoms with van der Waals surface area (Å²) in [5.74, 6) is -0.0848. The molecule has 0 radical (unpaired) electrons. The fourth-order valence-electron chi connectivity index (χ4n) is 4.03. The van der Waals surface area contributed by atoms with Crippen molar-refractivity contribution >= 4 is 34.6 Å². The summed E-state index contributed by atoms with van der Waals surface area (Å²) < 4.78 is 0. The monoisotopic (exact) mass is 486 g/mol. The molecule has 8 heteroatoms. The number of hydrogen-bond acceptors (Lipinski definition) is 6. The quantitative estimate of drug-likeness (QED) is 0.248. The molecular formula is C28H34N6O2. The van der Waals surface area contributed by atoms with Gasteiger partial charge in [0.15, 0.2) is 5.82 Å². The summed E-state index contributed by atoms with van der Waals surface area (Å²) in [4.78, 5) is 32.4. The molecule has 0 saturated carbocycles. The highest BCUT2D eigenvalue weighted by atomic mass is 16.2. The van der Waals surface area contributed by atoms with E-state index >= 15 is 0 Å². The van der Waals surface area contributed by atoms with Crippen LogP contribution in [-0.4, -0.2) is 47.7 Å². The van der Waals surface area contributed by atoms with Crippen LogP contribution in [-0.2, 0) is 19.5 Å². The maximum Gasteiger partial charge on any atom is 0.287 e. The summed E-state index contributed by atoms with van der Waals surface area (Å²) in [5, 5.41) is 5.94. The van der Waals surface area contributed by atoms with E-state index in [2.05, 4.69) is 50.7 Å². The molecule has 0 bridgehead atoms. The molecule has 2 heterocycles. The van der Waals surface area contributed by atoms with E-state index in [0.717, 1.165) is 18.4 Å². The zero-order valence-electron chi connectivity index (χ0n) is 20.0. The van der Waals surface area contributed by atoms with Gasteiger partial charge in [-0.05, 0) is 66.6 Å². The number of nitrogens with two attached hydrogens (primary N) is 1. The molecule has 0 unspecified atom stereocenters. The Morgan fingerprint density at radius 2 is 1.97 bits per heavy atom. The summed E-state index contributed by atoms with van der Waals surface area (Å²) in [7, 11) is 4.14. The Balaban J connectivity index is 0.000000221. The molecule has 188 valence electrons. The minimum atomic E-state index is -0.314. The zero-order valence-corrected chi connectivity index (χ0v) is 20.0. The van der Waals surface area contributed by atoms with Crippen LogP contribution in [0.1, 0.15) is 45.1 Å². The SMILES string of the molecule is C.CNc1ccc2c(c1)CN(C)CC2.Nc1ccc2nc(C(=O)NCc3cccc(C=O)c3)[nH]c2c1. The molecule has 0 saturated heterocycles. The molecule has 5 rings (SSSR count). The summed E-state index contributed by atoms with van der Waals surface area (Å²) in [5.41, 5.74) is 13.3. The fraction of sp³-hybridized carbons (Fsp3) is 0.250. The molecule has 0 spiro atoms. The van der Waals surface area contributed by atoms with Gasteiger partial charge in [-0.2, -0.15) is 0 Å². The van der Waals surface area contributed by atoms with E-state index < -0.39 is 0 Å². The number of amides is 1. The van der Waals surface area contributed by atoms with Gasteiger partial charge in [-0.15, -0.1) is 0 Å². The van der Waals surface area contributed by atoms with Crippen LogP contribution >= 0.6 is 0 Å². The van der Waals surface area contributed by atoms with E-state index in [9.17, 15) is 9.59 Å². The van der Waals surface area contributed by atoms with Crippen LogP contribution in [0.5, 0.6) is 0 Å². The largest absolute Gasteiger partial charge is 0.399 e. The van der Waals surface area contributed by atoms with Crippen LogP contribution < -0.4 is 16.4 Å². The number of H-pyrrole nitrogens is 1. The minimum absolute atomic E-state index is 0. The van der Waals surface area contributed by atoms with E-state index in [1.807, 2.05) is 13.1 Å². The van der Waals surface area contributed by atoms with Gasteiger partial charge < -0.3 is 26.3 Å². The molecule has 5 N–H and O–H groups in total. The van der Waals surface area contributed by atoms with Gasteiger partial charge in [0.25, 0.3) is 5.91 Å². The average molecular weight is 487 g/mol. The van der Waals surface area contributed by atoms with E-state index in [1.54, 1.807) is 36.4 Å². The van der Waals surface area contributed by atoms with E-state index in [0.29, 0.717) is 28.8 Å². The highest BCUT2D eigenvalue weighted by Gasteiger charge is 2.13. The number of benzene rings is 3. The number of carbonyl (C=O) groups excluding carboxylic acids is 2. The number of fused-ring (bicyclic) bond motifs is 2. The lowest BCUT2D eigenvalue weighted by molar-refractivity contribution is 0.0941. The number of nitrogens with zero attached hydrogens (tertiary/aromatic N) is 2. The van der Waals surface area contributed by atoms with Crippen molar-refractivity contribution in [1.29, 1.82) is 0 Å². The van der Waals surface area contributed by atoms with Crippen molar-refractivity contribution in [2.24, 2.45) is 0 Å². The van der Waals surface area contributed by atoms with Gasteiger partial charge in [-0.3, -0.25) is 9.59 Å². The molecule has 0 aliphatic carbocycles. The topological polar surface area (TPSA) is 116 Å². The second-order valence-corrected chi connectivity index (χ2v) is 8.63. The van der Waals surface area contributed by atoms with Crippen LogP contribution in [0.2, 0.25) is 0 Å². The van der Waals surface area contributed by atoms with Gasteiger partial charge in [0.05, 0.1) is 11.0 Å². The number of hydrogen-bond donors (Lipinski definition) is 4. The highest BCUT2D eigenvalue weighted by molar-refractivity contribution is 5.94. The van der Waals surface area contributed by atoms with Crippen molar-refractivity contribution in [3.8, 4) is 0 Å². The third-order valence-electron chi connectivity index (χ3n) is 5.96. The maximum atomic E-state index is 12.1. The van der Waals surface area contributed by atoms with Crippen LogP contribution in [0.15, 0.2) is 60.7 Å². The second-order valence-electron chi connectivity index (χ2n) is 8.63. The van der Waals surface area contributed by atoms with Crippen molar-refractivity contribution in [2.45, 2.75) is 26.9 Å². The number of anilines is 2. The molecule has 36 heavy (non-hydrogen) atoms. The Bertz CT molecular complexity index is 1350. The number of likely N-dealkylation sites (N-methyl/N-ethyl adjacent to an activating group) is 1. The standard InChI is InChI=1S/C16H14N4O2.C11H16N2.CH4/c17-12-4-5-13-14(7-12)20-15(19-13)16(22)18-8-10-2-1-3-11(6-10)9-21;1-12-11-4-3-9-5-6-13(2)8-10(9)7-11;/h1-7,9H,8,17H2,(H,18,22)(H,19,20);3-4,7,12H,5-6,8H2,1-2H3;1H4. The van der Waals surface area contributed by atoms with Gasteiger partial charge in [0, 0.05) is 43.6 Å². The van der Waals surface area contributed by atoms with Crippen molar-refractivity contribution in [3.05, 3.63) is 88.7 Å². The van der Waals surface area contributed by atoms with Crippen LogP contribution in [0.25, 0.3) is 11.0 Å². The molecule has 1 aliphatic rings. The number of aromatic amines is 1. The number of nitrogen functional groups attached to an aromatic ring is 1. The molecule has 3 aromatic carbocycles. The average Bonchev–Trinajstić information content (AvgIpc) is 3.30. The first-order valence-electron chi connectivity index (χ1n) is 11.5. The Morgan fingerprint density at radius 1 is 1.14 bits per heavy atom. The lowest BCUT2D eigenvalue weighted by atomic mass is 9.99. The number of aldehydes is 1. The molecule has 0 atom stereocenters. The van der Waals surface area contributed by atoms with Gasteiger partial charge >= 0.3 is 0 Å². The predicted molar refractivity (Wildman–Crippen MR) is 146 cm³/mol. The molecule has 4 aromatic rings. The molecule has 0 fully saturated rings. The first-order valence-corrected chi connectivity index (χ1v) is 11.5. The van der Waals surface area contributed by atoms with E-state index in [-0.39, 0.29) is 19.2 Å². The zero-order chi connectivity index (χ0) is 24.8. The predicted octanol–water partition coefficient (Wildman–Crippen LogP) is 4.24. The first kappa shape index (κ1) is 26.4. The Kier molecular flexibility index (Phi) is 8.81. The molecule has 1 amide bonds. The van der Waals surface area contributed by atoms with E-state index in [4.69, 9.17) is 5.73 Å². The number of aromatic nitrogens is 2. The first-order chi connectivity index (χ1) is 16.9. The van der Waals surface area contributed by atoms with Gasteiger partial charge in [-0.1, -0.05) is 31.7 Å². The summed E-state index contributed by atoms with van der Waals surface area (Å²) in [6, 6.07) is 18.9. The minimum Gasteiger partial charge on any atom is -0.399 e. The van der Waals surface area contributed by atoms with E-state index in [1.165, 1.54) is 29.8 Å². The lowest BCUT2D eigenvalue weighted by Gasteiger charge is -2.25.